The molecule has 0 radical (unpaired) electrons. The van der Waals surface area contributed by atoms with Crippen LogP contribution < -0.4 is 10.1 Å². The highest BCUT2D eigenvalue weighted by Gasteiger charge is 2.08. The second-order valence-corrected chi connectivity index (χ2v) is 6.67. The zero-order chi connectivity index (χ0) is 16.8. The number of carbonyl (C=O) groups is 1. The summed E-state index contributed by atoms with van der Waals surface area (Å²) in [6.07, 6.45) is 1.09. The lowest BCUT2D eigenvalue weighted by Gasteiger charge is -2.11. The lowest BCUT2D eigenvalue weighted by Crippen LogP contribution is -2.20. The molecule has 1 N–H and O–H groups in total. The third kappa shape index (κ3) is 5.26. The summed E-state index contributed by atoms with van der Waals surface area (Å²) in [6, 6.07) is 13.2. The first-order valence-corrected chi connectivity index (χ1v) is 8.64. The Morgan fingerprint density at radius 1 is 1.26 bits per heavy atom. The summed E-state index contributed by atoms with van der Waals surface area (Å²) in [5, 5.41) is 3.27. The highest BCUT2D eigenvalue weighted by Crippen LogP contribution is 2.27. The molecule has 1 atom stereocenters. The Labute approximate surface area is 150 Å². The van der Waals surface area contributed by atoms with Gasteiger partial charge in [0.05, 0.1) is 5.02 Å². The normalized spacial score (nSPS) is 11.8. The van der Waals surface area contributed by atoms with Gasteiger partial charge in [0, 0.05) is 10.2 Å². The molecule has 2 aromatic carbocycles. The topological polar surface area (TPSA) is 38.3 Å². The number of anilines is 1. The zero-order valence-corrected chi connectivity index (χ0v) is 15.4. The molecule has 0 saturated carbocycles. The van der Waals surface area contributed by atoms with Crippen molar-refractivity contribution in [2.75, 3.05) is 11.9 Å². The summed E-state index contributed by atoms with van der Waals surface area (Å²) in [7, 11) is 0. The van der Waals surface area contributed by atoms with Crippen LogP contribution in [0.3, 0.4) is 0 Å². The van der Waals surface area contributed by atoms with E-state index in [1.165, 1.54) is 5.56 Å². The predicted molar refractivity (Wildman–Crippen MR) is 98.4 cm³/mol. The Bertz CT molecular complexity index is 673. The minimum atomic E-state index is -0.222. The number of benzene rings is 2. The third-order valence-corrected chi connectivity index (χ3v) is 4.42. The van der Waals surface area contributed by atoms with Crippen LogP contribution in [0.1, 0.15) is 31.7 Å². The number of carbonyl (C=O) groups excluding carboxylic acids is 1. The van der Waals surface area contributed by atoms with Crippen molar-refractivity contribution in [3.63, 3.8) is 0 Å². The number of rotatable bonds is 6. The van der Waals surface area contributed by atoms with Crippen molar-refractivity contribution in [1.29, 1.82) is 0 Å². The van der Waals surface area contributed by atoms with Gasteiger partial charge in [-0.1, -0.05) is 53.5 Å². The van der Waals surface area contributed by atoms with Crippen molar-refractivity contribution in [2.45, 2.75) is 26.2 Å². The van der Waals surface area contributed by atoms with Gasteiger partial charge in [-0.05, 0) is 48.2 Å². The summed E-state index contributed by atoms with van der Waals surface area (Å²) in [5.41, 5.74) is 2.02. The van der Waals surface area contributed by atoms with Gasteiger partial charge in [0.25, 0.3) is 5.91 Å². The molecular formula is C18H19BrClNO2. The first kappa shape index (κ1) is 17.8. The van der Waals surface area contributed by atoms with Gasteiger partial charge in [0.2, 0.25) is 0 Å². The second-order valence-electron chi connectivity index (χ2n) is 5.34. The van der Waals surface area contributed by atoms with Crippen molar-refractivity contribution in [1.82, 2.24) is 0 Å². The minimum Gasteiger partial charge on any atom is -0.482 e. The van der Waals surface area contributed by atoms with E-state index in [-0.39, 0.29) is 12.5 Å². The number of hydrogen-bond donors (Lipinski definition) is 1. The molecule has 23 heavy (non-hydrogen) atoms. The van der Waals surface area contributed by atoms with Gasteiger partial charge in [-0.25, -0.2) is 0 Å². The van der Waals surface area contributed by atoms with Crippen molar-refractivity contribution >= 4 is 39.1 Å². The molecular weight excluding hydrogens is 378 g/mol. The van der Waals surface area contributed by atoms with Crippen molar-refractivity contribution < 1.29 is 9.53 Å². The predicted octanol–water partition coefficient (Wildman–Crippen LogP) is 5.63. The van der Waals surface area contributed by atoms with E-state index < -0.39 is 0 Å². The smallest absolute Gasteiger partial charge is 0.262 e. The molecule has 122 valence electrons. The first-order chi connectivity index (χ1) is 11.0. The maximum Gasteiger partial charge on any atom is 0.262 e. The van der Waals surface area contributed by atoms with Crippen LogP contribution in [0.25, 0.3) is 0 Å². The fraction of sp³-hybridized carbons (Fsp3) is 0.278. The van der Waals surface area contributed by atoms with Crippen molar-refractivity contribution in [3.8, 4) is 5.75 Å². The van der Waals surface area contributed by atoms with E-state index >= 15 is 0 Å². The van der Waals surface area contributed by atoms with Crippen molar-refractivity contribution in [3.05, 3.63) is 57.5 Å². The molecule has 3 nitrogen and oxygen atoms in total. The van der Waals surface area contributed by atoms with Crippen LogP contribution in [0.5, 0.6) is 5.75 Å². The molecule has 5 heteroatoms. The van der Waals surface area contributed by atoms with Crippen LogP contribution in [0, 0.1) is 0 Å². The van der Waals surface area contributed by atoms with E-state index in [1.54, 1.807) is 12.1 Å². The minimum absolute atomic E-state index is 0.0888. The largest absolute Gasteiger partial charge is 0.482 e. The van der Waals surface area contributed by atoms with Crippen LogP contribution in [0.4, 0.5) is 5.69 Å². The SMILES string of the molecule is CC[C@H](C)c1ccc(NC(=O)COc2ccc(Br)cc2Cl)cc1. The third-order valence-electron chi connectivity index (χ3n) is 3.63. The molecule has 0 aliphatic rings. The molecule has 0 aromatic heterocycles. The van der Waals surface area contributed by atoms with Gasteiger partial charge in [-0.15, -0.1) is 0 Å². The van der Waals surface area contributed by atoms with Crippen molar-refractivity contribution in [2.24, 2.45) is 0 Å². The Morgan fingerprint density at radius 2 is 1.96 bits per heavy atom. The number of hydrogen-bond acceptors (Lipinski definition) is 2. The number of amides is 1. The molecule has 0 spiro atoms. The lowest BCUT2D eigenvalue weighted by atomic mass is 9.99. The Kier molecular flexibility index (Phi) is 6.48. The van der Waals surface area contributed by atoms with E-state index in [9.17, 15) is 4.79 Å². The van der Waals surface area contributed by atoms with Gasteiger partial charge in [-0.2, -0.15) is 0 Å². The number of nitrogens with one attached hydrogen (secondary N) is 1. The maximum absolute atomic E-state index is 12.0. The molecule has 1 amide bonds. The second kappa shape index (κ2) is 8.37. The van der Waals surface area contributed by atoms with Crippen LogP contribution in [-0.4, -0.2) is 12.5 Å². The average molecular weight is 397 g/mol. The van der Waals surface area contributed by atoms with E-state index in [2.05, 4.69) is 35.1 Å². The molecule has 0 unspecified atom stereocenters. The molecule has 0 heterocycles. The van der Waals surface area contributed by atoms with E-state index in [0.717, 1.165) is 16.6 Å². The summed E-state index contributed by atoms with van der Waals surface area (Å²) >= 11 is 9.37. The molecule has 0 aliphatic carbocycles. The maximum atomic E-state index is 12.0. The van der Waals surface area contributed by atoms with Gasteiger partial charge in [-0.3, -0.25) is 4.79 Å². The fourth-order valence-corrected chi connectivity index (χ4v) is 2.79. The summed E-state index contributed by atoms with van der Waals surface area (Å²) in [5.74, 6) is 0.778. The standard InChI is InChI=1S/C18H19BrClNO2/c1-3-12(2)13-4-7-15(8-5-13)21-18(22)11-23-17-9-6-14(19)10-16(17)20/h4-10,12H,3,11H2,1-2H3,(H,21,22)/t12-/m0/s1. The van der Waals surface area contributed by atoms with Crippen LogP contribution in [-0.2, 0) is 4.79 Å². The average Bonchev–Trinajstić information content (AvgIpc) is 2.54. The lowest BCUT2D eigenvalue weighted by molar-refractivity contribution is -0.118. The van der Waals surface area contributed by atoms with Crippen LogP contribution >= 0.6 is 27.5 Å². The summed E-state index contributed by atoms with van der Waals surface area (Å²) in [4.78, 5) is 12.0. The van der Waals surface area contributed by atoms with Gasteiger partial charge in [0.1, 0.15) is 5.75 Å². The van der Waals surface area contributed by atoms with E-state index in [1.807, 2.05) is 30.3 Å². The summed E-state index contributed by atoms with van der Waals surface area (Å²) < 4.78 is 6.30. The number of halogens is 2. The molecule has 0 bridgehead atoms. The highest BCUT2D eigenvalue weighted by molar-refractivity contribution is 9.10. The quantitative estimate of drug-likeness (QED) is 0.687. The molecule has 2 aromatic rings. The Morgan fingerprint density at radius 3 is 2.57 bits per heavy atom. The summed E-state index contributed by atoms with van der Waals surface area (Å²) in [6.45, 7) is 4.25. The highest BCUT2D eigenvalue weighted by atomic mass is 79.9. The zero-order valence-electron chi connectivity index (χ0n) is 13.1. The van der Waals surface area contributed by atoms with Crippen LogP contribution in [0.15, 0.2) is 46.9 Å². The molecule has 0 saturated heterocycles. The van der Waals surface area contributed by atoms with Crippen LogP contribution in [0.2, 0.25) is 5.02 Å². The van der Waals surface area contributed by atoms with Gasteiger partial charge in [0.15, 0.2) is 6.61 Å². The number of ether oxygens (including phenoxy) is 1. The van der Waals surface area contributed by atoms with Gasteiger partial charge < -0.3 is 10.1 Å². The van der Waals surface area contributed by atoms with Gasteiger partial charge >= 0.3 is 0 Å². The monoisotopic (exact) mass is 395 g/mol. The molecule has 0 aliphatic heterocycles. The fourth-order valence-electron chi connectivity index (χ4n) is 2.06. The first-order valence-electron chi connectivity index (χ1n) is 7.47. The molecule has 0 fully saturated rings. The van der Waals surface area contributed by atoms with E-state index in [4.69, 9.17) is 16.3 Å². The Balaban J connectivity index is 1.89. The van der Waals surface area contributed by atoms with E-state index in [0.29, 0.717) is 16.7 Å². The Hall–Kier alpha value is -1.52. The molecule has 2 rings (SSSR count).